The number of pyridine rings is 1. The van der Waals surface area contributed by atoms with Crippen molar-refractivity contribution in [1.82, 2.24) is 10.3 Å². The van der Waals surface area contributed by atoms with Gasteiger partial charge in [-0.25, -0.2) is 4.98 Å². The molecule has 108 valence electrons. The Bertz CT molecular complexity index is 630. The predicted molar refractivity (Wildman–Crippen MR) is 77.3 cm³/mol. The van der Waals surface area contributed by atoms with Gasteiger partial charge in [-0.1, -0.05) is 11.8 Å². The fourth-order valence-electron chi connectivity index (χ4n) is 4.56. The second-order valence-electron chi connectivity index (χ2n) is 6.35. The van der Waals surface area contributed by atoms with E-state index in [1.807, 2.05) is 0 Å². The summed E-state index contributed by atoms with van der Waals surface area (Å²) in [5.74, 6) is 8.34. The maximum atomic E-state index is 12.4. The minimum atomic E-state index is -0.216. The molecule has 4 nitrogen and oxygen atoms in total. The number of aliphatic hydroxyl groups is 1. The molecule has 0 spiro atoms. The maximum absolute atomic E-state index is 12.4. The van der Waals surface area contributed by atoms with Crippen LogP contribution >= 0.6 is 0 Å². The van der Waals surface area contributed by atoms with Crippen molar-refractivity contribution in [3.05, 3.63) is 29.6 Å². The van der Waals surface area contributed by atoms with E-state index in [4.69, 9.17) is 5.11 Å². The number of nitrogens with zero attached hydrogens (tertiary/aromatic N) is 1. The number of carbonyl (C=O) groups is 1. The molecule has 4 unspecified atom stereocenters. The van der Waals surface area contributed by atoms with Crippen LogP contribution in [0.1, 0.15) is 35.3 Å². The zero-order valence-electron chi connectivity index (χ0n) is 11.7. The third-order valence-electron chi connectivity index (χ3n) is 5.36. The SMILES string of the molecule is O=C(NC1C2C3CCC(C3)C12)c1ncccc1C#CCO. The van der Waals surface area contributed by atoms with Crippen molar-refractivity contribution in [3.8, 4) is 11.8 Å². The summed E-state index contributed by atoms with van der Waals surface area (Å²) in [6.07, 6.45) is 5.67. The fraction of sp³-hybridized carbons (Fsp3) is 0.529. The summed E-state index contributed by atoms with van der Waals surface area (Å²) < 4.78 is 0. The first-order valence-corrected chi connectivity index (χ1v) is 7.65. The van der Waals surface area contributed by atoms with Crippen LogP contribution in [0.15, 0.2) is 18.3 Å². The van der Waals surface area contributed by atoms with E-state index in [2.05, 4.69) is 22.1 Å². The smallest absolute Gasteiger partial charge is 0.271 e. The van der Waals surface area contributed by atoms with Crippen LogP contribution in [0, 0.1) is 35.5 Å². The van der Waals surface area contributed by atoms with Crippen LogP contribution < -0.4 is 5.32 Å². The van der Waals surface area contributed by atoms with Gasteiger partial charge in [0, 0.05) is 12.2 Å². The van der Waals surface area contributed by atoms with Crippen molar-refractivity contribution in [1.29, 1.82) is 0 Å². The Morgan fingerprint density at radius 3 is 2.86 bits per heavy atom. The molecule has 0 saturated heterocycles. The molecule has 0 aliphatic heterocycles. The van der Waals surface area contributed by atoms with Gasteiger partial charge < -0.3 is 10.4 Å². The molecule has 1 aromatic heterocycles. The molecule has 4 rings (SSSR count). The first-order chi connectivity index (χ1) is 10.3. The topological polar surface area (TPSA) is 62.2 Å². The molecule has 21 heavy (non-hydrogen) atoms. The van der Waals surface area contributed by atoms with E-state index in [1.165, 1.54) is 19.3 Å². The molecule has 3 saturated carbocycles. The van der Waals surface area contributed by atoms with Gasteiger partial charge in [-0.3, -0.25) is 4.79 Å². The van der Waals surface area contributed by atoms with E-state index in [-0.39, 0.29) is 12.5 Å². The van der Waals surface area contributed by atoms with E-state index in [9.17, 15) is 4.79 Å². The van der Waals surface area contributed by atoms with Crippen molar-refractivity contribution in [3.63, 3.8) is 0 Å². The molecule has 3 aliphatic carbocycles. The van der Waals surface area contributed by atoms with Gasteiger partial charge in [-0.05, 0) is 55.1 Å². The number of hydrogen-bond donors (Lipinski definition) is 2. The molecule has 1 heterocycles. The molecule has 4 heteroatoms. The first kappa shape index (κ1) is 12.8. The van der Waals surface area contributed by atoms with E-state index in [0.29, 0.717) is 29.1 Å². The van der Waals surface area contributed by atoms with E-state index < -0.39 is 0 Å². The molecule has 1 amide bonds. The normalized spacial score (nSPS) is 34.8. The lowest BCUT2D eigenvalue weighted by Crippen LogP contribution is -2.31. The Labute approximate surface area is 124 Å². The lowest BCUT2D eigenvalue weighted by molar-refractivity contribution is 0.0939. The maximum Gasteiger partial charge on any atom is 0.271 e. The summed E-state index contributed by atoms with van der Waals surface area (Å²) >= 11 is 0. The highest BCUT2D eigenvalue weighted by Gasteiger charge is 2.65. The van der Waals surface area contributed by atoms with Gasteiger partial charge in [0.1, 0.15) is 12.3 Å². The van der Waals surface area contributed by atoms with Gasteiger partial charge in [0.05, 0.1) is 5.56 Å². The van der Waals surface area contributed by atoms with Gasteiger partial charge in [0.15, 0.2) is 0 Å². The average molecular weight is 282 g/mol. The van der Waals surface area contributed by atoms with Crippen molar-refractivity contribution < 1.29 is 9.90 Å². The Morgan fingerprint density at radius 1 is 1.38 bits per heavy atom. The van der Waals surface area contributed by atoms with E-state index >= 15 is 0 Å². The van der Waals surface area contributed by atoms with Crippen LogP contribution in [0.2, 0.25) is 0 Å². The average Bonchev–Trinajstić information content (AvgIpc) is 2.90. The van der Waals surface area contributed by atoms with Crippen LogP contribution in [0.3, 0.4) is 0 Å². The summed E-state index contributed by atoms with van der Waals surface area (Å²) in [6, 6.07) is 3.87. The number of nitrogens with one attached hydrogen (secondary N) is 1. The Hall–Kier alpha value is -1.86. The van der Waals surface area contributed by atoms with Crippen molar-refractivity contribution in [2.45, 2.75) is 25.3 Å². The predicted octanol–water partition coefficient (Wildman–Crippen LogP) is 1.20. The summed E-state index contributed by atoms with van der Waals surface area (Å²) in [6.45, 7) is -0.216. The number of fused-ring (bicyclic) bond motifs is 5. The highest BCUT2D eigenvalue weighted by molar-refractivity contribution is 5.95. The van der Waals surface area contributed by atoms with E-state index in [0.717, 1.165) is 11.8 Å². The van der Waals surface area contributed by atoms with Crippen LogP contribution in [0.25, 0.3) is 0 Å². The van der Waals surface area contributed by atoms with Crippen molar-refractivity contribution in [2.24, 2.45) is 23.7 Å². The molecule has 0 aromatic carbocycles. The number of aliphatic hydroxyl groups excluding tert-OH is 1. The third kappa shape index (κ3) is 2.04. The molecule has 4 atom stereocenters. The molecular formula is C17H18N2O2. The van der Waals surface area contributed by atoms with Crippen LogP contribution in [0.5, 0.6) is 0 Å². The number of carbonyl (C=O) groups excluding carboxylic acids is 1. The first-order valence-electron chi connectivity index (χ1n) is 7.65. The number of amides is 1. The summed E-state index contributed by atoms with van der Waals surface area (Å²) in [5, 5.41) is 12.0. The zero-order valence-corrected chi connectivity index (χ0v) is 11.7. The summed E-state index contributed by atoms with van der Waals surface area (Å²) in [7, 11) is 0. The number of hydrogen-bond acceptors (Lipinski definition) is 3. The third-order valence-corrected chi connectivity index (χ3v) is 5.36. The molecule has 2 bridgehead atoms. The van der Waals surface area contributed by atoms with Crippen LogP contribution in [-0.2, 0) is 0 Å². The van der Waals surface area contributed by atoms with Gasteiger partial charge in [-0.15, -0.1) is 0 Å². The largest absolute Gasteiger partial charge is 0.384 e. The van der Waals surface area contributed by atoms with Gasteiger partial charge in [-0.2, -0.15) is 0 Å². The Morgan fingerprint density at radius 2 is 2.14 bits per heavy atom. The molecule has 1 aromatic rings. The summed E-state index contributed by atoms with van der Waals surface area (Å²) in [5.41, 5.74) is 0.952. The van der Waals surface area contributed by atoms with Crippen molar-refractivity contribution in [2.75, 3.05) is 6.61 Å². The standard InChI is InChI=1S/C17H18N2O2/c20-8-2-4-10-3-1-7-18-15(10)17(21)19-16-13-11-5-6-12(9-11)14(13)16/h1,3,7,11-14,16,20H,5-6,8-9H2,(H,19,21). The molecule has 3 fully saturated rings. The molecule has 3 aliphatic rings. The summed E-state index contributed by atoms with van der Waals surface area (Å²) in [4.78, 5) is 16.6. The fourth-order valence-corrected chi connectivity index (χ4v) is 4.56. The van der Waals surface area contributed by atoms with Gasteiger partial charge >= 0.3 is 0 Å². The second-order valence-corrected chi connectivity index (χ2v) is 6.35. The second kappa shape index (κ2) is 4.85. The quantitative estimate of drug-likeness (QED) is 0.801. The molecule has 2 N–H and O–H groups in total. The van der Waals surface area contributed by atoms with E-state index in [1.54, 1.807) is 18.3 Å². The molecular weight excluding hydrogens is 264 g/mol. The minimum Gasteiger partial charge on any atom is -0.384 e. The lowest BCUT2D eigenvalue weighted by Gasteiger charge is -2.11. The molecule has 0 radical (unpaired) electrons. The van der Waals surface area contributed by atoms with Gasteiger partial charge in [0.2, 0.25) is 0 Å². The van der Waals surface area contributed by atoms with Crippen LogP contribution in [0.4, 0.5) is 0 Å². The monoisotopic (exact) mass is 282 g/mol. The van der Waals surface area contributed by atoms with Crippen molar-refractivity contribution >= 4 is 5.91 Å². The van der Waals surface area contributed by atoms with Crippen LogP contribution in [-0.4, -0.2) is 28.6 Å². The number of aromatic nitrogens is 1. The Kier molecular flexibility index (Phi) is 2.97. The highest BCUT2D eigenvalue weighted by Crippen LogP contribution is 2.65. The lowest BCUT2D eigenvalue weighted by atomic mass is 10.0. The van der Waals surface area contributed by atoms with Gasteiger partial charge in [0.25, 0.3) is 5.91 Å². The zero-order chi connectivity index (χ0) is 14.4. The number of rotatable bonds is 2. The Balaban J connectivity index is 1.49. The highest BCUT2D eigenvalue weighted by atomic mass is 16.2. The minimum absolute atomic E-state index is 0.128.